The zero-order chi connectivity index (χ0) is 12.3. The average molecular weight is 315 g/mol. The number of nitrogens with one attached hydrogen (secondary N) is 1. The summed E-state index contributed by atoms with van der Waals surface area (Å²) in [6, 6.07) is 3.90. The first-order valence-corrected chi connectivity index (χ1v) is 7.62. The van der Waals surface area contributed by atoms with Gasteiger partial charge in [0.25, 0.3) is 0 Å². The van der Waals surface area contributed by atoms with Gasteiger partial charge in [0.15, 0.2) is 5.65 Å². The monoisotopic (exact) mass is 314 g/mol. The number of halogens is 1. The molecule has 1 atom stereocenters. The standard InChI is InChI=1S/C11H15BrN4S/c1-8(7-17-2)5-13-11-14-10-4-3-9(12)6-16(10)15-11/h3-4,6,8H,5,7H2,1-2H3,(H,13,15). The Morgan fingerprint density at radius 1 is 1.53 bits per heavy atom. The molecule has 0 spiro atoms. The lowest BCUT2D eigenvalue weighted by Crippen LogP contribution is -2.14. The average Bonchev–Trinajstić information content (AvgIpc) is 2.68. The van der Waals surface area contributed by atoms with E-state index < -0.39 is 0 Å². The predicted octanol–water partition coefficient (Wildman–Crippen LogP) is 2.90. The van der Waals surface area contributed by atoms with Gasteiger partial charge in [0, 0.05) is 17.2 Å². The van der Waals surface area contributed by atoms with Crippen molar-refractivity contribution in [2.45, 2.75) is 6.92 Å². The molecule has 2 rings (SSSR count). The highest BCUT2D eigenvalue weighted by atomic mass is 79.9. The summed E-state index contributed by atoms with van der Waals surface area (Å²) >= 11 is 5.27. The molecule has 0 radical (unpaired) electrons. The zero-order valence-corrected chi connectivity index (χ0v) is 12.3. The van der Waals surface area contributed by atoms with Crippen LogP contribution in [0, 0.1) is 5.92 Å². The molecule has 2 aromatic rings. The largest absolute Gasteiger partial charge is 0.353 e. The van der Waals surface area contributed by atoms with E-state index >= 15 is 0 Å². The van der Waals surface area contributed by atoms with Crippen LogP contribution in [0.25, 0.3) is 5.65 Å². The molecule has 1 unspecified atom stereocenters. The van der Waals surface area contributed by atoms with Crippen LogP contribution in [0.3, 0.4) is 0 Å². The van der Waals surface area contributed by atoms with E-state index in [1.165, 1.54) is 0 Å². The minimum absolute atomic E-state index is 0.614. The normalized spacial score (nSPS) is 12.9. The van der Waals surface area contributed by atoms with Gasteiger partial charge < -0.3 is 5.32 Å². The molecule has 0 saturated heterocycles. The van der Waals surface area contributed by atoms with E-state index in [0.717, 1.165) is 22.4 Å². The molecule has 0 aromatic carbocycles. The number of hydrogen-bond donors (Lipinski definition) is 1. The Balaban J connectivity index is 2.04. The van der Waals surface area contributed by atoms with Crippen LogP contribution in [0.1, 0.15) is 6.92 Å². The first-order chi connectivity index (χ1) is 8.19. The maximum Gasteiger partial charge on any atom is 0.243 e. The van der Waals surface area contributed by atoms with E-state index in [1.54, 1.807) is 4.52 Å². The molecule has 2 aromatic heterocycles. The van der Waals surface area contributed by atoms with Gasteiger partial charge in [-0.05, 0) is 46.0 Å². The third-order valence-electron chi connectivity index (χ3n) is 2.35. The molecule has 0 aliphatic heterocycles. The second kappa shape index (κ2) is 5.73. The van der Waals surface area contributed by atoms with Gasteiger partial charge in [-0.1, -0.05) is 6.92 Å². The second-order valence-corrected chi connectivity index (χ2v) is 5.85. The summed E-state index contributed by atoms with van der Waals surface area (Å²) in [5.41, 5.74) is 0.855. The molecular formula is C11H15BrN4S. The topological polar surface area (TPSA) is 42.2 Å². The number of aromatic nitrogens is 3. The van der Waals surface area contributed by atoms with Crippen LogP contribution in [-0.4, -0.2) is 33.2 Å². The zero-order valence-electron chi connectivity index (χ0n) is 9.85. The van der Waals surface area contributed by atoms with Crippen LogP contribution >= 0.6 is 27.7 Å². The maximum atomic E-state index is 4.40. The number of hydrogen-bond acceptors (Lipinski definition) is 4. The summed E-state index contributed by atoms with van der Waals surface area (Å²) < 4.78 is 2.77. The van der Waals surface area contributed by atoms with Gasteiger partial charge in [-0.3, -0.25) is 0 Å². The third-order valence-corrected chi connectivity index (χ3v) is 3.73. The Morgan fingerprint density at radius 3 is 3.12 bits per heavy atom. The molecule has 0 aliphatic rings. The highest BCUT2D eigenvalue weighted by Gasteiger charge is 2.05. The molecule has 1 N–H and O–H groups in total. The second-order valence-electron chi connectivity index (χ2n) is 4.03. The van der Waals surface area contributed by atoms with Gasteiger partial charge in [-0.2, -0.15) is 16.7 Å². The quantitative estimate of drug-likeness (QED) is 0.921. The number of anilines is 1. The number of pyridine rings is 1. The summed E-state index contributed by atoms with van der Waals surface area (Å²) in [6.07, 6.45) is 4.02. The van der Waals surface area contributed by atoms with E-state index in [4.69, 9.17) is 0 Å². The number of nitrogens with zero attached hydrogens (tertiary/aromatic N) is 3. The van der Waals surface area contributed by atoms with Crippen LogP contribution in [0.5, 0.6) is 0 Å². The van der Waals surface area contributed by atoms with E-state index in [-0.39, 0.29) is 0 Å². The van der Waals surface area contributed by atoms with Crippen molar-refractivity contribution in [1.82, 2.24) is 14.6 Å². The van der Waals surface area contributed by atoms with Crippen molar-refractivity contribution >= 4 is 39.3 Å². The van der Waals surface area contributed by atoms with Gasteiger partial charge in [0.1, 0.15) is 0 Å². The highest BCUT2D eigenvalue weighted by molar-refractivity contribution is 9.10. The number of rotatable bonds is 5. The molecule has 0 amide bonds. The molecule has 92 valence electrons. The summed E-state index contributed by atoms with van der Waals surface area (Å²) in [5.74, 6) is 2.45. The Bertz CT molecular complexity index is 499. The summed E-state index contributed by atoms with van der Waals surface area (Å²) in [7, 11) is 0. The summed E-state index contributed by atoms with van der Waals surface area (Å²) in [5, 5.41) is 7.63. The fourth-order valence-electron chi connectivity index (χ4n) is 1.54. The fraction of sp³-hybridized carbons (Fsp3) is 0.455. The summed E-state index contributed by atoms with van der Waals surface area (Å²) in [6.45, 7) is 3.12. The van der Waals surface area contributed by atoms with Crippen molar-refractivity contribution in [3.05, 3.63) is 22.8 Å². The van der Waals surface area contributed by atoms with Crippen molar-refractivity contribution < 1.29 is 0 Å². The summed E-state index contributed by atoms with van der Waals surface area (Å²) in [4.78, 5) is 4.40. The van der Waals surface area contributed by atoms with Gasteiger partial charge in [-0.25, -0.2) is 4.52 Å². The first kappa shape index (κ1) is 12.7. The fourth-order valence-corrected chi connectivity index (χ4v) is 2.55. The van der Waals surface area contributed by atoms with E-state index in [0.29, 0.717) is 11.9 Å². The molecule has 0 saturated carbocycles. The Morgan fingerprint density at radius 2 is 2.35 bits per heavy atom. The lowest BCUT2D eigenvalue weighted by atomic mass is 10.2. The van der Waals surface area contributed by atoms with Crippen molar-refractivity contribution in [1.29, 1.82) is 0 Å². The Hall–Kier alpha value is -0.750. The maximum absolute atomic E-state index is 4.40. The molecule has 6 heteroatoms. The Kier molecular flexibility index (Phi) is 4.28. The van der Waals surface area contributed by atoms with Crippen molar-refractivity contribution in [3.8, 4) is 0 Å². The molecule has 0 bridgehead atoms. The minimum Gasteiger partial charge on any atom is -0.353 e. The van der Waals surface area contributed by atoms with Crippen LogP contribution in [-0.2, 0) is 0 Å². The molecule has 0 aliphatic carbocycles. The molecular weight excluding hydrogens is 300 g/mol. The van der Waals surface area contributed by atoms with Crippen molar-refractivity contribution in [3.63, 3.8) is 0 Å². The predicted molar refractivity (Wildman–Crippen MR) is 76.7 cm³/mol. The SMILES string of the molecule is CSCC(C)CNc1nc2ccc(Br)cn2n1. The lowest BCUT2D eigenvalue weighted by molar-refractivity contribution is 0.696. The Labute approximate surface area is 113 Å². The van der Waals surface area contributed by atoms with E-state index in [2.05, 4.69) is 44.5 Å². The van der Waals surface area contributed by atoms with E-state index in [9.17, 15) is 0 Å². The van der Waals surface area contributed by atoms with Crippen LogP contribution < -0.4 is 5.32 Å². The highest BCUT2D eigenvalue weighted by Crippen LogP contribution is 2.12. The van der Waals surface area contributed by atoms with Gasteiger partial charge in [0.2, 0.25) is 5.95 Å². The van der Waals surface area contributed by atoms with E-state index in [1.807, 2.05) is 30.1 Å². The van der Waals surface area contributed by atoms with Crippen LogP contribution in [0.2, 0.25) is 0 Å². The van der Waals surface area contributed by atoms with Gasteiger partial charge in [-0.15, -0.1) is 5.10 Å². The van der Waals surface area contributed by atoms with Crippen LogP contribution in [0.15, 0.2) is 22.8 Å². The van der Waals surface area contributed by atoms with Gasteiger partial charge >= 0.3 is 0 Å². The van der Waals surface area contributed by atoms with Crippen molar-refractivity contribution in [2.75, 3.05) is 23.9 Å². The smallest absolute Gasteiger partial charge is 0.243 e. The van der Waals surface area contributed by atoms with Crippen molar-refractivity contribution in [2.24, 2.45) is 5.92 Å². The van der Waals surface area contributed by atoms with Crippen LogP contribution in [0.4, 0.5) is 5.95 Å². The van der Waals surface area contributed by atoms with Gasteiger partial charge in [0.05, 0.1) is 0 Å². The third kappa shape index (κ3) is 3.35. The lowest BCUT2D eigenvalue weighted by Gasteiger charge is -2.08. The molecule has 0 fully saturated rings. The number of thioether (sulfide) groups is 1. The molecule has 2 heterocycles. The molecule has 17 heavy (non-hydrogen) atoms. The molecule has 4 nitrogen and oxygen atoms in total. The minimum atomic E-state index is 0.614. The number of fused-ring (bicyclic) bond motifs is 1. The first-order valence-electron chi connectivity index (χ1n) is 5.44.